The number of nitrogens with one attached hydrogen (secondary N) is 1. The van der Waals surface area contributed by atoms with E-state index in [9.17, 15) is 12.8 Å². The summed E-state index contributed by atoms with van der Waals surface area (Å²) in [6, 6.07) is 12.8. The number of halogens is 2. The molecule has 0 aliphatic carbocycles. The first-order valence-electron chi connectivity index (χ1n) is 6.07. The Morgan fingerprint density at radius 3 is 2.50 bits per heavy atom. The number of nitriles is 1. The lowest BCUT2D eigenvalue weighted by atomic mass is 10.3. The van der Waals surface area contributed by atoms with Crippen LogP contribution in [-0.2, 0) is 9.84 Å². The van der Waals surface area contributed by atoms with Gasteiger partial charge in [0.15, 0.2) is 4.91 Å². The maximum atomic E-state index is 12.9. The van der Waals surface area contributed by atoms with Crippen molar-refractivity contribution >= 4 is 27.1 Å². The predicted octanol–water partition coefficient (Wildman–Crippen LogP) is 3.73. The minimum atomic E-state index is -3.92. The second-order valence-electron chi connectivity index (χ2n) is 4.21. The van der Waals surface area contributed by atoms with E-state index >= 15 is 0 Å². The molecule has 0 radical (unpaired) electrons. The molecule has 0 saturated carbocycles. The molecule has 0 atom stereocenters. The lowest BCUT2D eigenvalue weighted by Crippen LogP contribution is -2.05. The smallest absolute Gasteiger partial charge is 0.218 e. The van der Waals surface area contributed by atoms with Gasteiger partial charge in [-0.15, -0.1) is 0 Å². The van der Waals surface area contributed by atoms with Crippen molar-refractivity contribution in [2.24, 2.45) is 0 Å². The molecule has 0 unspecified atom stereocenters. The van der Waals surface area contributed by atoms with Crippen molar-refractivity contribution in [3.05, 3.63) is 70.5 Å². The summed E-state index contributed by atoms with van der Waals surface area (Å²) < 4.78 is 37.5. The zero-order valence-corrected chi connectivity index (χ0v) is 12.7. The van der Waals surface area contributed by atoms with E-state index in [-0.39, 0.29) is 9.92 Å². The van der Waals surface area contributed by atoms with Crippen LogP contribution in [0.2, 0.25) is 5.02 Å². The third-order valence-electron chi connectivity index (χ3n) is 2.74. The van der Waals surface area contributed by atoms with Crippen molar-refractivity contribution in [2.75, 3.05) is 5.32 Å². The number of rotatable bonds is 4. The van der Waals surface area contributed by atoms with E-state index in [0.717, 1.165) is 12.3 Å². The van der Waals surface area contributed by atoms with Crippen molar-refractivity contribution < 1.29 is 12.8 Å². The highest BCUT2D eigenvalue weighted by Crippen LogP contribution is 2.24. The minimum absolute atomic E-state index is 0.00908. The van der Waals surface area contributed by atoms with Crippen LogP contribution in [0.4, 0.5) is 10.1 Å². The van der Waals surface area contributed by atoms with Crippen molar-refractivity contribution in [2.45, 2.75) is 4.90 Å². The highest BCUT2D eigenvalue weighted by molar-refractivity contribution is 7.95. The van der Waals surface area contributed by atoms with Crippen molar-refractivity contribution in [3.63, 3.8) is 0 Å². The molecule has 0 amide bonds. The Morgan fingerprint density at radius 2 is 1.91 bits per heavy atom. The molecule has 22 heavy (non-hydrogen) atoms. The third-order valence-corrected chi connectivity index (χ3v) is 4.74. The van der Waals surface area contributed by atoms with Gasteiger partial charge in [-0.25, -0.2) is 12.8 Å². The van der Waals surface area contributed by atoms with E-state index in [1.165, 1.54) is 24.3 Å². The molecular weight excluding hydrogens is 327 g/mol. The van der Waals surface area contributed by atoms with E-state index in [0.29, 0.717) is 5.69 Å². The number of hydrogen-bond donors (Lipinski definition) is 1. The van der Waals surface area contributed by atoms with Crippen LogP contribution < -0.4 is 5.32 Å². The van der Waals surface area contributed by atoms with Gasteiger partial charge in [-0.3, -0.25) is 0 Å². The first-order chi connectivity index (χ1) is 10.4. The molecule has 0 heterocycles. The Balaban J connectivity index is 2.34. The van der Waals surface area contributed by atoms with Crippen LogP contribution in [-0.4, -0.2) is 8.42 Å². The second-order valence-corrected chi connectivity index (χ2v) is 6.53. The minimum Gasteiger partial charge on any atom is -0.359 e. The molecule has 7 heteroatoms. The fourth-order valence-electron chi connectivity index (χ4n) is 1.65. The summed E-state index contributed by atoms with van der Waals surface area (Å²) in [6.45, 7) is 0. The second kappa shape index (κ2) is 6.60. The molecule has 2 rings (SSSR count). The quantitative estimate of drug-likeness (QED) is 0.864. The fourth-order valence-corrected chi connectivity index (χ4v) is 2.97. The highest BCUT2D eigenvalue weighted by Gasteiger charge is 2.20. The molecule has 0 aromatic heterocycles. The van der Waals surface area contributed by atoms with Gasteiger partial charge in [-0.05, 0) is 30.3 Å². The SMILES string of the molecule is N#CC(=CNc1ccc(F)cc1Cl)S(=O)(=O)c1ccccc1. The first-order valence-corrected chi connectivity index (χ1v) is 7.93. The zero-order valence-electron chi connectivity index (χ0n) is 11.1. The average Bonchev–Trinajstić information content (AvgIpc) is 2.50. The van der Waals surface area contributed by atoms with E-state index in [1.807, 2.05) is 0 Å². The van der Waals surface area contributed by atoms with E-state index in [1.54, 1.807) is 24.3 Å². The largest absolute Gasteiger partial charge is 0.359 e. The van der Waals surface area contributed by atoms with Gasteiger partial charge in [0.05, 0.1) is 15.6 Å². The molecular formula is C15H10ClFN2O2S. The number of sulfone groups is 1. The molecule has 4 nitrogen and oxygen atoms in total. The highest BCUT2D eigenvalue weighted by atomic mass is 35.5. The number of allylic oxidation sites excluding steroid dienone is 1. The number of nitrogens with zero attached hydrogens (tertiary/aromatic N) is 1. The van der Waals surface area contributed by atoms with Gasteiger partial charge in [-0.1, -0.05) is 29.8 Å². The molecule has 2 aromatic rings. The Kier molecular flexibility index (Phi) is 4.81. The van der Waals surface area contributed by atoms with Gasteiger partial charge >= 0.3 is 0 Å². The number of benzene rings is 2. The van der Waals surface area contributed by atoms with Gasteiger partial charge in [-0.2, -0.15) is 5.26 Å². The predicted molar refractivity (Wildman–Crippen MR) is 82.4 cm³/mol. The van der Waals surface area contributed by atoms with E-state index < -0.39 is 20.6 Å². The standard InChI is InChI=1S/C15H10ClFN2O2S/c16-14-8-11(17)6-7-15(14)19-10-13(9-18)22(20,21)12-4-2-1-3-5-12/h1-8,10,19H. The van der Waals surface area contributed by atoms with Crippen molar-refractivity contribution in [3.8, 4) is 6.07 Å². The lowest BCUT2D eigenvalue weighted by molar-refractivity contribution is 0.603. The summed E-state index contributed by atoms with van der Waals surface area (Å²) in [5, 5.41) is 11.8. The van der Waals surface area contributed by atoms with E-state index in [2.05, 4.69) is 5.32 Å². The van der Waals surface area contributed by atoms with Crippen LogP contribution in [0.15, 0.2) is 64.5 Å². The van der Waals surface area contributed by atoms with Crippen molar-refractivity contribution in [1.29, 1.82) is 5.26 Å². The number of anilines is 1. The molecule has 0 spiro atoms. The topological polar surface area (TPSA) is 70.0 Å². The fraction of sp³-hybridized carbons (Fsp3) is 0. The summed E-state index contributed by atoms with van der Waals surface area (Å²) in [7, 11) is -3.92. The normalized spacial score (nSPS) is 11.8. The molecule has 0 aliphatic heterocycles. The molecule has 0 saturated heterocycles. The summed E-state index contributed by atoms with van der Waals surface area (Å²) >= 11 is 5.82. The summed E-state index contributed by atoms with van der Waals surface area (Å²) in [5.41, 5.74) is 0.291. The summed E-state index contributed by atoms with van der Waals surface area (Å²) in [5.74, 6) is -0.517. The van der Waals surface area contributed by atoms with Gasteiger partial charge < -0.3 is 5.32 Å². The van der Waals surface area contributed by atoms with Crippen LogP contribution in [0.1, 0.15) is 0 Å². The van der Waals surface area contributed by atoms with Crippen LogP contribution in [0.3, 0.4) is 0 Å². The van der Waals surface area contributed by atoms with E-state index in [4.69, 9.17) is 16.9 Å². The third kappa shape index (κ3) is 3.45. The molecule has 2 aromatic carbocycles. The van der Waals surface area contributed by atoms with Crippen molar-refractivity contribution in [1.82, 2.24) is 0 Å². The zero-order chi connectivity index (χ0) is 16.2. The first kappa shape index (κ1) is 16.0. The maximum absolute atomic E-state index is 12.9. The monoisotopic (exact) mass is 336 g/mol. The molecule has 1 N–H and O–H groups in total. The molecule has 0 aliphatic rings. The Bertz CT molecular complexity index is 859. The summed E-state index contributed by atoms with van der Waals surface area (Å²) in [6.07, 6.45) is 1.03. The number of hydrogen-bond acceptors (Lipinski definition) is 4. The molecule has 0 bridgehead atoms. The maximum Gasteiger partial charge on any atom is 0.218 e. The summed E-state index contributed by atoms with van der Waals surface area (Å²) in [4.78, 5) is -0.464. The van der Waals surface area contributed by atoms with Crippen LogP contribution >= 0.6 is 11.6 Å². The van der Waals surface area contributed by atoms with Gasteiger partial charge in [0.25, 0.3) is 0 Å². The Morgan fingerprint density at radius 1 is 1.23 bits per heavy atom. The molecule has 112 valence electrons. The lowest BCUT2D eigenvalue weighted by Gasteiger charge is -2.06. The van der Waals surface area contributed by atoms with Crippen LogP contribution in [0.5, 0.6) is 0 Å². The Hall–Kier alpha value is -2.36. The Labute approximate surface area is 132 Å². The van der Waals surface area contributed by atoms with Crippen LogP contribution in [0.25, 0.3) is 0 Å². The van der Waals surface area contributed by atoms with Gasteiger partial charge in [0, 0.05) is 6.20 Å². The average molecular weight is 337 g/mol. The van der Waals surface area contributed by atoms with Gasteiger partial charge in [0.2, 0.25) is 9.84 Å². The van der Waals surface area contributed by atoms with Crippen LogP contribution in [0, 0.1) is 17.1 Å². The molecule has 0 fully saturated rings. The van der Waals surface area contributed by atoms with Gasteiger partial charge in [0.1, 0.15) is 11.9 Å².